The van der Waals surface area contributed by atoms with Crippen LogP contribution in [0.3, 0.4) is 0 Å². The first-order valence-electron chi connectivity index (χ1n) is 7.73. The number of nitrogen functional groups attached to an aromatic ring is 1. The van der Waals surface area contributed by atoms with Crippen LogP contribution in [0, 0.1) is 12.3 Å². The Hall–Kier alpha value is -1.84. The van der Waals surface area contributed by atoms with Crippen LogP contribution in [0.2, 0.25) is 0 Å². The van der Waals surface area contributed by atoms with E-state index in [2.05, 4.69) is 0 Å². The van der Waals surface area contributed by atoms with Gasteiger partial charge < -0.3 is 5.73 Å². The molecular formula is C17H22N2O2. The molecule has 0 bridgehead atoms. The number of benzene rings is 1. The van der Waals surface area contributed by atoms with Crippen LogP contribution in [0.25, 0.3) is 0 Å². The monoisotopic (exact) mass is 286 g/mol. The number of aryl methyl sites for hydroxylation is 1. The van der Waals surface area contributed by atoms with Gasteiger partial charge in [-0.1, -0.05) is 25.3 Å². The molecule has 0 atom stereocenters. The minimum atomic E-state index is -0.0922. The number of anilines is 2. The van der Waals surface area contributed by atoms with Gasteiger partial charge in [-0.05, 0) is 42.9 Å². The van der Waals surface area contributed by atoms with Crippen LogP contribution >= 0.6 is 0 Å². The largest absolute Gasteiger partial charge is 0.397 e. The van der Waals surface area contributed by atoms with Gasteiger partial charge in [0.2, 0.25) is 11.8 Å². The van der Waals surface area contributed by atoms with E-state index < -0.39 is 0 Å². The number of hydrogen-bond acceptors (Lipinski definition) is 3. The summed E-state index contributed by atoms with van der Waals surface area (Å²) in [6.07, 6.45) is 6.44. The molecule has 2 amide bonds. The van der Waals surface area contributed by atoms with Gasteiger partial charge in [-0.2, -0.15) is 0 Å². The van der Waals surface area contributed by atoms with Crippen molar-refractivity contribution in [1.29, 1.82) is 0 Å². The molecule has 0 unspecified atom stereocenters. The minimum Gasteiger partial charge on any atom is -0.397 e. The molecule has 2 fully saturated rings. The van der Waals surface area contributed by atoms with Crippen LogP contribution < -0.4 is 10.6 Å². The SMILES string of the molecule is Cc1ccc(N)c(N2C(=O)CC3(CCCCC3)CC2=O)c1. The molecular weight excluding hydrogens is 264 g/mol. The molecule has 1 aliphatic heterocycles. The van der Waals surface area contributed by atoms with E-state index in [0.717, 1.165) is 31.2 Å². The van der Waals surface area contributed by atoms with Gasteiger partial charge in [0.15, 0.2) is 0 Å². The molecule has 21 heavy (non-hydrogen) atoms. The molecule has 1 aromatic carbocycles. The maximum absolute atomic E-state index is 12.6. The zero-order valence-corrected chi connectivity index (χ0v) is 12.5. The highest BCUT2D eigenvalue weighted by Gasteiger charge is 2.44. The van der Waals surface area contributed by atoms with Crippen molar-refractivity contribution >= 4 is 23.2 Å². The highest BCUT2D eigenvalue weighted by molar-refractivity contribution is 6.18. The van der Waals surface area contributed by atoms with Gasteiger partial charge in [-0.15, -0.1) is 0 Å². The fourth-order valence-corrected chi connectivity index (χ4v) is 3.77. The van der Waals surface area contributed by atoms with Crippen molar-refractivity contribution in [1.82, 2.24) is 0 Å². The first-order valence-corrected chi connectivity index (χ1v) is 7.73. The number of hydrogen-bond donors (Lipinski definition) is 1. The van der Waals surface area contributed by atoms with Gasteiger partial charge in [-0.3, -0.25) is 9.59 Å². The van der Waals surface area contributed by atoms with Crippen LogP contribution in [0.4, 0.5) is 11.4 Å². The Morgan fingerprint density at radius 2 is 1.67 bits per heavy atom. The second-order valence-corrected chi connectivity index (χ2v) is 6.60. The van der Waals surface area contributed by atoms with Crippen LogP contribution in [-0.4, -0.2) is 11.8 Å². The molecule has 1 saturated heterocycles. The molecule has 4 heteroatoms. The van der Waals surface area contributed by atoms with Crippen molar-refractivity contribution in [2.75, 3.05) is 10.6 Å². The number of amides is 2. The van der Waals surface area contributed by atoms with Crippen molar-refractivity contribution in [2.24, 2.45) is 5.41 Å². The topological polar surface area (TPSA) is 63.4 Å². The smallest absolute Gasteiger partial charge is 0.234 e. The fraction of sp³-hybridized carbons (Fsp3) is 0.529. The third kappa shape index (κ3) is 2.55. The van der Waals surface area contributed by atoms with Gasteiger partial charge in [0, 0.05) is 12.8 Å². The van der Waals surface area contributed by atoms with Crippen molar-refractivity contribution < 1.29 is 9.59 Å². The number of carbonyl (C=O) groups excluding carboxylic acids is 2. The maximum atomic E-state index is 12.6. The number of imide groups is 1. The third-order valence-corrected chi connectivity index (χ3v) is 4.89. The van der Waals surface area contributed by atoms with Gasteiger partial charge >= 0.3 is 0 Å². The van der Waals surface area contributed by atoms with E-state index in [0.29, 0.717) is 24.2 Å². The lowest BCUT2D eigenvalue weighted by Gasteiger charge is -2.42. The summed E-state index contributed by atoms with van der Waals surface area (Å²) in [5.41, 5.74) is 7.92. The predicted octanol–water partition coefficient (Wildman–Crippen LogP) is 3.18. The standard InChI is InChI=1S/C17H22N2O2/c1-12-5-6-13(18)14(9-12)19-15(20)10-17(11-16(19)21)7-3-2-4-8-17/h5-6,9H,2-4,7-8,10-11,18H2,1H3. The first-order chi connectivity index (χ1) is 10.0. The van der Waals surface area contributed by atoms with Crippen molar-refractivity contribution in [3.05, 3.63) is 23.8 Å². The summed E-state index contributed by atoms with van der Waals surface area (Å²) in [7, 11) is 0. The molecule has 1 aromatic rings. The van der Waals surface area contributed by atoms with E-state index >= 15 is 0 Å². The number of nitrogens with two attached hydrogens (primary N) is 1. The van der Waals surface area contributed by atoms with E-state index in [1.165, 1.54) is 11.3 Å². The molecule has 0 aromatic heterocycles. The van der Waals surface area contributed by atoms with Gasteiger partial charge in [0.05, 0.1) is 11.4 Å². The Labute approximate surface area is 125 Å². The number of piperidine rings is 1. The minimum absolute atomic E-state index is 0.0818. The predicted molar refractivity (Wildman–Crippen MR) is 82.8 cm³/mol. The van der Waals surface area contributed by atoms with Gasteiger partial charge in [0.1, 0.15) is 0 Å². The molecule has 1 spiro atoms. The highest BCUT2D eigenvalue weighted by atomic mass is 16.2. The quantitative estimate of drug-likeness (QED) is 0.637. The highest BCUT2D eigenvalue weighted by Crippen LogP contribution is 2.46. The zero-order valence-electron chi connectivity index (χ0n) is 12.5. The van der Waals surface area contributed by atoms with Crippen LogP contribution in [0.5, 0.6) is 0 Å². The second-order valence-electron chi connectivity index (χ2n) is 6.60. The van der Waals surface area contributed by atoms with E-state index in [-0.39, 0.29) is 17.2 Å². The number of rotatable bonds is 1. The molecule has 1 aliphatic carbocycles. The molecule has 1 saturated carbocycles. The van der Waals surface area contributed by atoms with Gasteiger partial charge in [0.25, 0.3) is 0 Å². The summed E-state index contributed by atoms with van der Waals surface area (Å²) in [4.78, 5) is 26.5. The Balaban J connectivity index is 1.90. The van der Waals surface area contributed by atoms with E-state index in [4.69, 9.17) is 5.73 Å². The molecule has 4 nitrogen and oxygen atoms in total. The summed E-state index contributed by atoms with van der Waals surface area (Å²) in [5.74, 6) is -0.184. The summed E-state index contributed by atoms with van der Waals surface area (Å²) in [5, 5.41) is 0. The molecule has 0 radical (unpaired) electrons. The summed E-state index contributed by atoms with van der Waals surface area (Å²) < 4.78 is 0. The summed E-state index contributed by atoms with van der Waals surface area (Å²) in [6, 6.07) is 5.47. The maximum Gasteiger partial charge on any atom is 0.234 e. The van der Waals surface area contributed by atoms with Crippen molar-refractivity contribution in [3.63, 3.8) is 0 Å². The lowest BCUT2D eigenvalue weighted by Crippen LogP contribution is -2.49. The summed E-state index contributed by atoms with van der Waals surface area (Å²) >= 11 is 0. The lowest BCUT2D eigenvalue weighted by molar-refractivity contribution is -0.134. The number of carbonyl (C=O) groups is 2. The zero-order chi connectivity index (χ0) is 15.0. The fourth-order valence-electron chi connectivity index (χ4n) is 3.77. The summed E-state index contributed by atoms with van der Waals surface area (Å²) in [6.45, 7) is 1.93. The Morgan fingerprint density at radius 3 is 2.29 bits per heavy atom. The Morgan fingerprint density at radius 1 is 1.05 bits per heavy atom. The van der Waals surface area contributed by atoms with Crippen LogP contribution in [0.15, 0.2) is 18.2 Å². The van der Waals surface area contributed by atoms with E-state index in [9.17, 15) is 9.59 Å². The first kappa shape index (κ1) is 14.1. The van der Waals surface area contributed by atoms with Gasteiger partial charge in [-0.25, -0.2) is 4.90 Å². The van der Waals surface area contributed by atoms with Crippen LogP contribution in [-0.2, 0) is 9.59 Å². The second kappa shape index (κ2) is 5.17. The molecule has 2 N–H and O–H groups in total. The molecule has 1 heterocycles. The van der Waals surface area contributed by atoms with E-state index in [1.807, 2.05) is 19.1 Å². The number of nitrogens with zero attached hydrogens (tertiary/aromatic N) is 1. The van der Waals surface area contributed by atoms with Crippen molar-refractivity contribution in [2.45, 2.75) is 51.9 Å². The Bertz CT molecular complexity index is 568. The van der Waals surface area contributed by atoms with E-state index in [1.54, 1.807) is 6.07 Å². The Kier molecular flexibility index (Phi) is 3.47. The van der Waals surface area contributed by atoms with Crippen molar-refractivity contribution in [3.8, 4) is 0 Å². The molecule has 2 aliphatic rings. The third-order valence-electron chi connectivity index (χ3n) is 4.89. The average molecular weight is 286 g/mol. The van der Waals surface area contributed by atoms with Crippen LogP contribution in [0.1, 0.15) is 50.5 Å². The molecule has 112 valence electrons. The lowest BCUT2D eigenvalue weighted by atomic mass is 9.67. The molecule has 3 rings (SSSR count). The normalized spacial score (nSPS) is 21.9. The average Bonchev–Trinajstić information content (AvgIpc) is 2.42.